The highest BCUT2D eigenvalue weighted by Gasteiger charge is 2.08. The van der Waals surface area contributed by atoms with Gasteiger partial charge in [-0.2, -0.15) is 9.97 Å². The predicted molar refractivity (Wildman–Crippen MR) is 271 cm³/mol. The molecule has 8 aromatic rings. The molecule has 324 valence electrons. The van der Waals surface area contributed by atoms with Crippen molar-refractivity contribution in [1.82, 2.24) is 49.0 Å². The molecule has 0 radical (unpaired) electrons. The highest BCUT2D eigenvalue weighted by molar-refractivity contribution is 14.1. The Bertz CT molecular complexity index is 2770. The number of nitrogen functional groups attached to an aromatic ring is 4. The van der Waals surface area contributed by atoms with Gasteiger partial charge in [0, 0.05) is 23.5 Å². The van der Waals surface area contributed by atoms with Crippen molar-refractivity contribution in [2.24, 2.45) is 0 Å². The number of imidazole rings is 3. The summed E-state index contributed by atoms with van der Waals surface area (Å²) in [6, 6.07) is 30.2. The number of aromatic nitrogens is 10. The van der Waals surface area contributed by atoms with Crippen LogP contribution in [-0.2, 0) is 25.9 Å². The largest absolute Gasteiger partial charge is 0.383 e. The van der Waals surface area contributed by atoms with E-state index in [0.717, 1.165) is 49.6 Å². The maximum atomic E-state index is 5.90. The van der Waals surface area contributed by atoms with E-state index < -0.39 is 0 Å². The zero-order chi connectivity index (χ0) is 46.1. The van der Waals surface area contributed by atoms with Crippen LogP contribution in [0.3, 0.4) is 0 Å². The molecule has 9 N–H and O–H groups in total. The van der Waals surface area contributed by atoms with E-state index in [2.05, 4.69) is 102 Å². The number of nitrogens with two attached hydrogens (primary N) is 4. The second kappa shape index (κ2) is 26.8. The number of terminal acetylenes is 2. The zero-order valence-corrected chi connectivity index (χ0v) is 39.1. The molecule has 0 spiro atoms. The Hall–Kier alpha value is -7.46. The van der Waals surface area contributed by atoms with Crippen LogP contribution in [0.15, 0.2) is 129 Å². The van der Waals surface area contributed by atoms with Gasteiger partial charge in [0.25, 0.3) is 0 Å². The fourth-order valence-electron chi connectivity index (χ4n) is 5.47. The average Bonchev–Trinajstić information content (AvgIpc) is 4.14. The lowest BCUT2D eigenvalue weighted by atomic mass is 10.1. The minimum atomic E-state index is 0.178. The summed E-state index contributed by atoms with van der Waals surface area (Å²) in [5.74, 6) is 12.3. The summed E-state index contributed by atoms with van der Waals surface area (Å²) in [6.45, 7) is 5.06. The normalized spacial score (nSPS) is 9.66. The third-order valence-electron chi connectivity index (χ3n) is 8.48. The Morgan fingerprint density at radius 1 is 0.656 bits per heavy atom. The Morgan fingerprint density at radius 2 is 1.14 bits per heavy atom. The number of halogens is 2. The maximum Gasteiger partial charge on any atom is 0.222 e. The molecule has 0 fully saturated rings. The summed E-state index contributed by atoms with van der Waals surface area (Å²) in [5, 5.41) is 0.660. The van der Waals surface area contributed by atoms with Gasteiger partial charge in [0.15, 0.2) is 0 Å². The van der Waals surface area contributed by atoms with Gasteiger partial charge in [-0.1, -0.05) is 144 Å². The summed E-state index contributed by atoms with van der Waals surface area (Å²) >= 11 is 5.13. The number of nitrogens with zero attached hydrogens (tertiary/aromatic N) is 9. The Kier molecular flexibility index (Phi) is 20.6. The lowest BCUT2D eigenvalue weighted by Gasteiger charge is -2.04. The molecule has 0 aliphatic carbocycles. The van der Waals surface area contributed by atoms with Crippen LogP contribution < -0.4 is 22.9 Å². The standard InChI is InChI=1S/C18H18N6.C12H10N2.C9H8N2.C6H9IN4.C3H3Br/c1-2-15-14(17(19)23-18(20)22-15)9-6-10-24-11-16(21-12-24)13-7-4-3-5-8-13;1-2-8-14-9-12(13-10-14)11-6-4-3-5-7-11;1-2-4-8(5-3-1)9-6-10-7-11-9;1-2-3-4(7)5(8)11-6(9)10-3;1-2-3-4/h3-5,7-8,11-12H,2,10H2,1H3,(H4,19,20,22,23);1,3-7,9-10H,8H2;1-7H,(H,10,11);2H2,1H3,(H4,8,9,10,11);1H,3H2. The molecule has 5 heterocycles. The van der Waals surface area contributed by atoms with Crippen LogP contribution in [-0.4, -0.2) is 54.3 Å². The molecule has 0 bridgehead atoms. The van der Waals surface area contributed by atoms with Gasteiger partial charge in [0.2, 0.25) is 11.9 Å². The highest BCUT2D eigenvalue weighted by Crippen LogP contribution is 2.19. The molecule has 16 heteroatoms. The Morgan fingerprint density at radius 3 is 1.61 bits per heavy atom. The molecule has 8 rings (SSSR count). The molecular formula is C48H48BrIN14. The van der Waals surface area contributed by atoms with Gasteiger partial charge in [-0.25, -0.2) is 24.9 Å². The van der Waals surface area contributed by atoms with E-state index in [1.54, 1.807) is 19.0 Å². The number of benzene rings is 3. The first kappa shape index (κ1) is 49.2. The molecular weight excluding hydrogens is 979 g/mol. The predicted octanol–water partition coefficient (Wildman–Crippen LogP) is 8.20. The number of aromatic amines is 1. The number of aryl methyl sites for hydroxylation is 2. The van der Waals surface area contributed by atoms with E-state index in [1.165, 1.54) is 5.56 Å². The van der Waals surface area contributed by atoms with Crippen molar-refractivity contribution >= 4 is 62.1 Å². The van der Waals surface area contributed by atoms with Crippen LogP contribution in [0.5, 0.6) is 0 Å². The lowest BCUT2D eigenvalue weighted by molar-refractivity contribution is 0.839. The van der Waals surface area contributed by atoms with Crippen LogP contribution in [0.25, 0.3) is 33.8 Å². The third kappa shape index (κ3) is 15.8. The molecule has 0 saturated heterocycles. The van der Waals surface area contributed by atoms with Crippen molar-refractivity contribution in [3.63, 3.8) is 0 Å². The number of H-pyrrole nitrogens is 1. The topological polar surface area (TPSA) is 220 Å². The van der Waals surface area contributed by atoms with Crippen LogP contribution >= 0.6 is 38.5 Å². The zero-order valence-electron chi connectivity index (χ0n) is 35.4. The quantitative estimate of drug-likeness (QED) is 0.0582. The molecule has 0 aliphatic heterocycles. The minimum Gasteiger partial charge on any atom is -0.383 e. The van der Waals surface area contributed by atoms with Crippen molar-refractivity contribution in [3.05, 3.63) is 149 Å². The van der Waals surface area contributed by atoms with E-state index in [4.69, 9.17) is 35.8 Å². The summed E-state index contributed by atoms with van der Waals surface area (Å²) in [5.41, 5.74) is 31.1. The molecule has 64 heavy (non-hydrogen) atoms. The summed E-state index contributed by atoms with van der Waals surface area (Å²) in [6.07, 6.45) is 22.4. The van der Waals surface area contributed by atoms with Crippen molar-refractivity contribution in [2.45, 2.75) is 39.8 Å². The van der Waals surface area contributed by atoms with Gasteiger partial charge < -0.3 is 37.1 Å². The van der Waals surface area contributed by atoms with E-state index >= 15 is 0 Å². The molecule has 3 aromatic carbocycles. The number of hydrogen-bond acceptors (Lipinski definition) is 11. The Labute approximate surface area is 396 Å². The van der Waals surface area contributed by atoms with Gasteiger partial charge in [0.05, 0.1) is 81.2 Å². The van der Waals surface area contributed by atoms with Gasteiger partial charge in [-0.3, -0.25) is 0 Å². The molecule has 14 nitrogen and oxygen atoms in total. The first-order chi connectivity index (χ1) is 31.1. The Balaban J connectivity index is 0.000000192. The van der Waals surface area contributed by atoms with E-state index in [-0.39, 0.29) is 11.9 Å². The van der Waals surface area contributed by atoms with Crippen LogP contribution in [0.1, 0.15) is 30.8 Å². The first-order valence-electron chi connectivity index (χ1n) is 19.7. The van der Waals surface area contributed by atoms with Gasteiger partial charge >= 0.3 is 0 Å². The lowest BCUT2D eigenvalue weighted by Crippen LogP contribution is -2.06. The second-order valence-electron chi connectivity index (χ2n) is 13.0. The van der Waals surface area contributed by atoms with Crippen LogP contribution in [0.2, 0.25) is 0 Å². The van der Waals surface area contributed by atoms with Crippen molar-refractivity contribution in [3.8, 4) is 70.3 Å². The number of rotatable bonds is 7. The van der Waals surface area contributed by atoms with Crippen molar-refractivity contribution in [1.29, 1.82) is 0 Å². The molecule has 0 amide bonds. The molecule has 0 aliphatic rings. The minimum absolute atomic E-state index is 0.178. The number of anilines is 4. The average molecular weight is 1030 g/mol. The number of nitrogens with one attached hydrogen (secondary N) is 1. The molecule has 0 atom stereocenters. The fourth-order valence-corrected chi connectivity index (χ4v) is 6.09. The summed E-state index contributed by atoms with van der Waals surface area (Å²) < 4.78 is 4.72. The SMILES string of the molecule is C#CCBr.C#CCn1cnc(-c2ccccc2)c1.CCc1nc(N)nc(N)c1C#CCn1cnc(-c2ccccc2)c1.CCc1nc(N)nc(N)c1I.c1ccc(-c2cnc[nH]2)cc1. The summed E-state index contributed by atoms with van der Waals surface area (Å²) in [4.78, 5) is 31.7. The molecule has 0 unspecified atom stereocenters. The highest BCUT2D eigenvalue weighted by atomic mass is 127. The van der Waals surface area contributed by atoms with Crippen LogP contribution in [0, 0.1) is 40.1 Å². The smallest absolute Gasteiger partial charge is 0.222 e. The fraction of sp³-hybridized carbons (Fsp3) is 0.146. The third-order valence-corrected chi connectivity index (χ3v) is 9.98. The van der Waals surface area contributed by atoms with Crippen LogP contribution in [0.4, 0.5) is 23.5 Å². The van der Waals surface area contributed by atoms with E-state index in [1.807, 2.05) is 133 Å². The van der Waals surface area contributed by atoms with E-state index in [9.17, 15) is 0 Å². The summed E-state index contributed by atoms with van der Waals surface area (Å²) in [7, 11) is 0. The van der Waals surface area contributed by atoms with Gasteiger partial charge in [0.1, 0.15) is 11.6 Å². The number of alkyl halides is 1. The van der Waals surface area contributed by atoms with Gasteiger partial charge in [-0.15, -0.1) is 12.8 Å². The number of hydrogen-bond donors (Lipinski definition) is 5. The van der Waals surface area contributed by atoms with Gasteiger partial charge in [-0.05, 0) is 41.0 Å². The monoisotopic (exact) mass is 1030 g/mol. The second-order valence-corrected chi connectivity index (χ2v) is 14.6. The molecule has 5 aromatic heterocycles. The molecule has 0 saturated carbocycles. The first-order valence-corrected chi connectivity index (χ1v) is 21.9. The van der Waals surface area contributed by atoms with Crippen molar-refractivity contribution in [2.75, 3.05) is 28.3 Å². The maximum absolute atomic E-state index is 5.90. The van der Waals surface area contributed by atoms with Crippen molar-refractivity contribution < 1.29 is 0 Å². The van der Waals surface area contributed by atoms with E-state index in [0.29, 0.717) is 42.0 Å².